The number of ether oxygens (including phenoxy) is 1. The van der Waals surface area contributed by atoms with E-state index in [0.717, 1.165) is 11.3 Å². The highest BCUT2D eigenvalue weighted by Gasteiger charge is 2.24. The molecule has 0 bridgehead atoms. The normalized spacial score (nSPS) is 13.5. The highest BCUT2D eigenvalue weighted by Crippen LogP contribution is 2.34. The molecule has 0 spiro atoms. The van der Waals surface area contributed by atoms with E-state index in [-0.39, 0.29) is 0 Å². The zero-order chi connectivity index (χ0) is 18.1. The lowest BCUT2D eigenvalue weighted by Gasteiger charge is -2.10. The van der Waals surface area contributed by atoms with E-state index >= 15 is 0 Å². The van der Waals surface area contributed by atoms with Crippen molar-refractivity contribution in [3.8, 4) is 11.4 Å². The molecule has 0 unspecified atom stereocenters. The third-order valence-electron chi connectivity index (χ3n) is 4.19. The predicted molar refractivity (Wildman–Crippen MR) is 95.1 cm³/mol. The van der Waals surface area contributed by atoms with Crippen LogP contribution in [-0.2, 0) is 4.74 Å². The van der Waals surface area contributed by atoms with Crippen LogP contribution in [-0.4, -0.2) is 37.8 Å². The average Bonchev–Trinajstić information content (AvgIpc) is 3.42. The van der Waals surface area contributed by atoms with Crippen molar-refractivity contribution in [3.63, 3.8) is 0 Å². The monoisotopic (exact) mass is 350 g/mol. The van der Waals surface area contributed by atoms with E-state index in [0.29, 0.717) is 28.9 Å². The Labute approximate surface area is 150 Å². The molecule has 0 atom stereocenters. The quantitative estimate of drug-likeness (QED) is 0.707. The number of anilines is 2. The van der Waals surface area contributed by atoms with Gasteiger partial charge >= 0.3 is 5.97 Å². The molecule has 8 heteroatoms. The summed E-state index contributed by atoms with van der Waals surface area (Å²) in [4.78, 5) is 25.2. The molecule has 0 aliphatic heterocycles. The highest BCUT2D eigenvalue weighted by atomic mass is 16.5. The SMILES string of the molecule is COC(=O)c1cccnc1-c1nc(Nc2cnn(C3CC3)c2)ncc1C. The Kier molecular flexibility index (Phi) is 4.08. The Hall–Kier alpha value is -3.29. The Morgan fingerprint density at radius 1 is 1.27 bits per heavy atom. The number of hydrogen-bond donors (Lipinski definition) is 1. The van der Waals surface area contributed by atoms with E-state index in [2.05, 4.69) is 25.4 Å². The summed E-state index contributed by atoms with van der Waals surface area (Å²) in [6, 6.07) is 3.87. The molecular weight excluding hydrogens is 332 g/mol. The number of methoxy groups -OCH3 is 1. The predicted octanol–water partition coefficient (Wildman–Crippen LogP) is 2.91. The summed E-state index contributed by atoms with van der Waals surface area (Å²) < 4.78 is 6.80. The van der Waals surface area contributed by atoms with Gasteiger partial charge in [0.2, 0.25) is 5.95 Å². The van der Waals surface area contributed by atoms with Crippen molar-refractivity contribution in [2.24, 2.45) is 0 Å². The fourth-order valence-corrected chi connectivity index (χ4v) is 2.68. The fraction of sp³-hybridized carbons (Fsp3) is 0.278. The third kappa shape index (κ3) is 3.13. The van der Waals surface area contributed by atoms with Crippen molar-refractivity contribution in [2.45, 2.75) is 25.8 Å². The molecule has 4 rings (SSSR count). The van der Waals surface area contributed by atoms with Crippen molar-refractivity contribution in [1.82, 2.24) is 24.7 Å². The van der Waals surface area contributed by atoms with Gasteiger partial charge in [0.25, 0.3) is 0 Å². The molecule has 1 aliphatic rings. The first-order valence-electron chi connectivity index (χ1n) is 8.34. The van der Waals surface area contributed by atoms with Gasteiger partial charge in [-0.1, -0.05) is 0 Å². The van der Waals surface area contributed by atoms with Crippen LogP contribution in [0.25, 0.3) is 11.4 Å². The lowest BCUT2D eigenvalue weighted by atomic mass is 10.1. The number of rotatable bonds is 5. The number of hydrogen-bond acceptors (Lipinski definition) is 7. The summed E-state index contributed by atoms with van der Waals surface area (Å²) >= 11 is 0. The van der Waals surface area contributed by atoms with Crippen LogP contribution in [0.5, 0.6) is 0 Å². The number of nitrogens with one attached hydrogen (secondary N) is 1. The molecule has 0 radical (unpaired) electrons. The van der Waals surface area contributed by atoms with Gasteiger partial charge < -0.3 is 10.1 Å². The van der Waals surface area contributed by atoms with Crippen molar-refractivity contribution in [3.05, 3.63) is 48.0 Å². The second-order valence-electron chi connectivity index (χ2n) is 6.18. The lowest BCUT2D eigenvalue weighted by Crippen LogP contribution is -2.07. The third-order valence-corrected chi connectivity index (χ3v) is 4.19. The molecule has 1 saturated carbocycles. The maximum absolute atomic E-state index is 12.0. The summed E-state index contributed by atoms with van der Waals surface area (Å²) in [5.74, 6) is -0.0336. The average molecular weight is 350 g/mol. The van der Waals surface area contributed by atoms with Crippen molar-refractivity contribution in [2.75, 3.05) is 12.4 Å². The number of carbonyl (C=O) groups excluding carboxylic acids is 1. The molecule has 1 N–H and O–H groups in total. The molecule has 0 saturated heterocycles. The standard InChI is InChI=1S/C18H18N6O2/c1-11-8-20-18(22-12-9-21-24(10-12)13-5-6-13)23-15(11)16-14(17(25)26-2)4-3-7-19-16/h3-4,7-10,13H,5-6H2,1-2H3,(H,20,22,23). The Morgan fingerprint density at radius 2 is 2.12 bits per heavy atom. The summed E-state index contributed by atoms with van der Waals surface area (Å²) in [7, 11) is 1.34. The van der Waals surface area contributed by atoms with Gasteiger partial charge in [-0.3, -0.25) is 9.67 Å². The summed E-state index contributed by atoms with van der Waals surface area (Å²) in [6.45, 7) is 1.87. The molecule has 8 nitrogen and oxygen atoms in total. The van der Waals surface area contributed by atoms with Crippen LogP contribution >= 0.6 is 0 Å². The first kappa shape index (κ1) is 16.2. The van der Waals surface area contributed by atoms with Gasteiger partial charge in [0.15, 0.2) is 0 Å². The molecule has 132 valence electrons. The van der Waals surface area contributed by atoms with Crippen LogP contribution in [0.15, 0.2) is 36.9 Å². The second-order valence-corrected chi connectivity index (χ2v) is 6.18. The van der Waals surface area contributed by atoms with Crippen LogP contribution in [0.4, 0.5) is 11.6 Å². The first-order valence-corrected chi connectivity index (χ1v) is 8.34. The Bertz CT molecular complexity index is 964. The summed E-state index contributed by atoms with van der Waals surface area (Å²) in [5, 5.41) is 7.50. The van der Waals surface area contributed by atoms with E-state index < -0.39 is 5.97 Å². The number of aryl methyl sites for hydroxylation is 1. The topological polar surface area (TPSA) is 94.8 Å². The molecule has 3 aromatic rings. The Morgan fingerprint density at radius 3 is 2.88 bits per heavy atom. The first-order chi connectivity index (χ1) is 12.7. The zero-order valence-electron chi connectivity index (χ0n) is 14.5. The smallest absolute Gasteiger partial charge is 0.340 e. The van der Waals surface area contributed by atoms with Gasteiger partial charge in [-0.15, -0.1) is 0 Å². The Balaban J connectivity index is 1.67. The zero-order valence-corrected chi connectivity index (χ0v) is 14.5. The molecule has 1 fully saturated rings. The van der Waals surface area contributed by atoms with Crippen LogP contribution in [0, 0.1) is 6.92 Å². The molecule has 3 aromatic heterocycles. The van der Waals surface area contributed by atoms with E-state index in [9.17, 15) is 4.79 Å². The molecule has 26 heavy (non-hydrogen) atoms. The summed E-state index contributed by atoms with van der Waals surface area (Å²) in [5.41, 5.74) is 3.05. The maximum atomic E-state index is 12.0. The van der Waals surface area contributed by atoms with Gasteiger partial charge in [0.05, 0.1) is 36.3 Å². The molecule has 0 aromatic carbocycles. The maximum Gasteiger partial charge on any atom is 0.340 e. The van der Waals surface area contributed by atoms with E-state index in [1.54, 1.807) is 30.7 Å². The van der Waals surface area contributed by atoms with E-state index in [1.165, 1.54) is 20.0 Å². The van der Waals surface area contributed by atoms with Crippen LogP contribution in [0.1, 0.15) is 34.8 Å². The number of pyridine rings is 1. The molecular formula is C18H18N6O2. The van der Waals surface area contributed by atoms with Crippen LogP contribution in [0.3, 0.4) is 0 Å². The minimum Gasteiger partial charge on any atom is -0.465 e. The van der Waals surface area contributed by atoms with Crippen LogP contribution in [0.2, 0.25) is 0 Å². The number of esters is 1. The number of carbonyl (C=O) groups is 1. The minimum atomic E-state index is -0.452. The lowest BCUT2D eigenvalue weighted by molar-refractivity contribution is 0.0601. The van der Waals surface area contributed by atoms with E-state index in [1.807, 2.05) is 17.8 Å². The highest BCUT2D eigenvalue weighted by molar-refractivity contribution is 5.95. The number of aromatic nitrogens is 5. The van der Waals surface area contributed by atoms with Gasteiger partial charge in [0, 0.05) is 18.6 Å². The summed E-state index contributed by atoms with van der Waals surface area (Å²) in [6.07, 6.45) is 9.36. The van der Waals surface area contributed by atoms with Crippen LogP contribution < -0.4 is 5.32 Å². The minimum absolute atomic E-state index is 0.365. The van der Waals surface area contributed by atoms with Gasteiger partial charge in [-0.2, -0.15) is 5.10 Å². The largest absolute Gasteiger partial charge is 0.465 e. The van der Waals surface area contributed by atoms with E-state index in [4.69, 9.17) is 4.74 Å². The molecule has 1 aliphatic carbocycles. The van der Waals surface area contributed by atoms with Crippen molar-refractivity contribution < 1.29 is 9.53 Å². The number of nitrogens with zero attached hydrogens (tertiary/aromatic N) is 5. The van der Waals surface area contributed by atoms with Gasteiger partial charge in [-0.05, 0) is 37.5 Å². The van der Waals surface area contributed by atoms with Crippen molar-refractivity contribution >= 4 is 17.6 Å². The fourth-order valence-electron chi connectivity index (χ4n) is 2.68. The second kappa shape index (κ2) is 6.55. The molecule has 3 heterocycles. The van der Waals surface area contributed by atoms with Crippen molar-refractivity contribution in [1.29, 1.82) is 0 Å². The van der Waals surface area contributed by atoms with Gasteiger partial charge in [0.1, 0.15) is 5.69 Å². The molecule has 0 amide bonds. The van der Waals surface area contributed by atoms with Gasteiger partial charge in [-0.25, -0.2) is 14.8 Å².